The number of amides is 1. The van der Waals surface area contributed by atoms with Crippen LogP contribution in [0.2, 0.25) is 0 Å². The Kier molecular flexibility index (Phi) is 9.45. The maximum Gasteiger partial charge on any atom is 0.253 e. The normalized spacial score (nSPS) is 18.5. The van der Waals surface area contributed by atoms with Crippen molar-refractivity contribution in [1.82, 2.24) is 15.2 Å². The highest BCUT2D eigenvalue weighted by atomic mass is 16.3. The average Bonchev–Trinajstić information content (AvgIpc) is 2.83. The van der Waals surface area contributed by atoms with Gasteiger partial charge in [0.1, 0.15) is 5.60 Å². The summed E-state index contributed by atoms with van der Waals surface area (Å²) in [6.45, 7) is 11.3. The van der Waals surface area contributed by atoms with Crippen molar-refractivity contribution in [3.63, 3.8) is 0 Å². The molecule has 1 aromatic carbocycles. The number of H-pyrrole nitrogens is 1. The van der Waals surface area contributed by atoms with Gasteiger partial charge in [-0.25, -0.2) is 0 Å². The number of pyridine rings is 1. The predicted octanol–water partition coefficient (Wildman–Crippen LogP) is 4.27. The number of nitrogens with zero attached hydrogens (tertiary/aromatic N) is 1. The minimum absolute atomic E-state index is 0.133. The van der Waals surface area contributed by atoms with E-state index in [9.17, 15) is 14.7 Å². The van der Waals surface area contributed by atoms with Gasteiger partial charge in [-0.15, -0.1) is 0 Å². The van der Waals surface area contributed by atoms with Crippen LogP contribution in [0, 0.1) is 38.5 Å². The number of nitrogens with one attached hydrogen (secondary N) is 3. The molecule has 1 aromatic heterocycles. The van der Waals surface area contributed by atoms with Gasteiger partial charge in [-0.05, 0) is 117 Å². The summed E-state index contributed by atoms with van der Waals surface area (Å²) in [6, 6.07) is 6.49. The van der Waals surface area contributed by atoms with E-state index in [1.807, 2.05) is 32.9 Å². The third-order valence-electron chi connectivity index (χ3n) is 7.65. The molecule has 0 radical (unpaired) electrons. The van der Waals surface area contributed by atoms with Crippen molar-refractivity contribution in [2.24, 2.45) is 5.92 Å². The first kappa shape index (κ1) is 29.5. The lowest BCUT2D eigenvalue weighted by molar-refractivity contribution is 0.0950. The minimum Gasteiger partial charge on any atom is -0.382 e. The summed E-state index contributed by atoms with van der Waals surface area (Å²) in [4.78, 5) is 30.9. The fraction of sp³-hybridized carbons (Fsp3) is 0.548. The number of carbonyl (C=O) groups excluding carboxylic acids is 1. The topological polar surface area (TPSA) is 97.5 Å². The van der Waals surface area contributed by atoms with E-state index in [0.29, 0.717) is 28.7 Å². The van der Waals surface area contributed by atoms with E-state index < -0.39 is 5.60 Å². The average molecular weight is 521 g/mol. The van der Waals surface area contributed by atoms with Crippen LogP contribution in [0.3, 0.4) is 0 Å². The van der Waals surface area contributed by atoms with Gasteiger partial charge >= 0.3 is 0 Å². The van der Waals surface area contributed by atoms with Gasteiger partial charge in [0.2, 0.25) is 0 Å². The van der Waals surface area contributed by atoms with Gasteiger partial charge in [0.25, 0.3) is 11.5 Å². The Morgan fingerprint density at radius 1 is 1.16 bits per heavy atom. The van der Waals surface area contributed by atoms with Gasteiger partial charge in [-0.3, -0.25) is 9.59 Å². The molecule has 0 saturated heterocycles. The fourth-order valence-corrected chi connectivity index (χ4v) is 5.24. The second-order valence-corrected chi connectivity index (χ2v) is 11.6. The summed E-state index contributed by atoms with van der Waals surface area (Å²) in [5.74, 6) is 6.17. The highest BCUT2D eigenvalue weighted by molar-refractivity contribution is 5.97. The molecule has 7 heteroatoms. The molecule has 1 aliphatic carbocycles. The maximum absolute atomic E-state index is 13.4. The van der Waals surface area contributed by atoms with Crippen molar-refractivity contribution in [2.45, 2.75) is 91.5 Å². The molecule has 1 atom stereocenters. The van der Waals surface area contributed by atoms with Crippen molar-refractivity contribution in [2.75, 3.05) is 19.4 Å². The maximum atomic E-state index is 13.4. The molecule has 1 amide bonds. The van der Waals surface area contributed by atoms with Crippen molar-refractivity contribution >= 4 is 11.6 Å². The van der Waals surface area contributed by atoms with E-state index in [4.69, 9.17) is 0 Å². The van der Waals surface area contributed by atoms with Crippen LogP contribution in [-0.2, 0) is 6.54 Å². The van der Waals surface area contributed by atoms with E-state index in [1.165, 1.54) is 12.8 Å². The SMILES string of the molecule is Cc1cc(C)c(CNC(=O)c2cc(C#CC(C)(C)O)cc(NC(C)[C@H]3CC[C@H](N(C)C)CC3)c2C)c(=O)[nH]1. The fourth-order valence-electron chi connectivity index (χ4n) is 5.24. The van der Waals surface area contributed by atoms with Crippen LogP contribution in [0.4, 0.5) is 5.69 Å². The third-order valence-corrected chi connectivity index (χ3v) is 7.65. The number of aryl methyl sites for hydroxylation is 2. The number of rotatable bonds is 7. The van der Waals surface area contributed by atoms with Crippen molar-refractivity contribution in [1.29, 1.82) is 0 Å². The van der Waals surface area contributed by atoms with Crippen LogP contribution < -0.4 is 16.2 Å². The lowest BCUT2D eigenvalue weighted by Gasteiger charge is -2.36. The Bertz CT molecular complexity index is 1270. The molecule has 0 aliphatic heterocycles. The van der Waals surface area contributed by atoms with Crippen molar-refractivity contribution in [3.8, 4) is 11.8 Å². The molecule has 206 valence electrons. The summed E-state index contributed by atoms with van der Waals surface area (Å²) >= 11 is 0. The Hall–Kier alpha value is -3.08. The zero-order valence-corrected chi connectivity index (χ0v) is 24.2. The van der Waals surface area contributed by atoms with Gasteiger partial charge in [0.05, 0.1) is 0 Å². The van der Waals surface area contributed by atoms with E-state index in [1.54, 1.807) is 19.9 Å². The van der Waals surface area contributed by atoms with Crippen LogP contribution in [0.5, 0.6) is 0 Å². The molecule has 7 nitrogen and oxygen atoms in total. The largest absolute Gasteiger partial charge is 0.382 e. The smallest absolute Gasteiger partial charge is 0.253 e. The quantitative estimate of drug-likeness (QED) is 0.409. The molecule has 1 heterocycles. The molecule has 3 rings (SSSR count). The number of hydrogen-bond donors (Lipinski definition) is 4. The molecular weight excluding hydrogens is 476 g/mol. The van der Waals surface area contributed by atoms with Crippen molar-refractivity contribution < 1.29 is 9.90 Å². The molecule has 1 unspecified atom stereocenters. The number of carbonyl (C=O) groups is 1. The molecule has 0 spiro atoms. The van der Waals surface area contributed by atoms with Crippen LogP contribution in [0.15, 0.2) is 23.0 Å². The van der Waals surface area contributed by atoms with Crippen LogP contribution in [0.1, 0.15) is 84.8 Å². The second-order valence-electron chi connectivity index (χ2n) is 11.6. The first-order valence-electron chi connectivity index (χ1n) is 13.6. The first-order chi connectivity index (χ1) is 17.7. The molecule has 4 N–H and O–H groups in total. The van der Waals surface area contributed by atoms with Crippen LogP contribution in [0.25, 0.3) is 0 Å². The van der Waals surface area contributed by atoms with E-state index in [0.717, 1.165) is 35.3 Å². The Morgan fingerprint density at radius 2 is 1.82 bits per heavy atom. The number of aromatic amines is 1. The predicted molar refractivity (Wildman–Crippen MR) is 155 cm³/mol. The monoisotopic (exact) mass is 520 g/mol. The molecule has 38 heavy (non-hydrogen) atoms. The Morgan fingerprint density at radius 3 is 2.39 bits per heavy atom. The number of hydrogen-bond acceptors (Lipinski definition) is 5. The van der Waals surface area contributed by atoms with Crippen LogP contribution in [-0.4, -0.2) is 52.7 Å². The summed E-state index contributed by atoms with van der Waals surface area (Å²) in [5, 5.41) is 16.7. The molecule has 1 saturated carbocycles. The summed E-state index contributed by atoms with van der Waals surface area (Å²) in [5.41, 5.74) is 3.68. The number of aliphatic hydroxyl groups is 1. The minimum atomic E-state index is -1.15. The molecule has 1 fully saturated rings. The second kappa shape index (κ2) is 12.2. The summed E-state index contributed by atoms with van der Waals surface area (Å²) in [7, 11) is 4.30. The first-order valence-corrected chi connectivity index (χ1v) is 13.6. The zero-order valence-electron chi connectivity index (χ0n) is 24.2. The van der Waals surface area contributed by atoms with E-state index in [-0.39, 0.29) is 24.1 Å². The molecule has 1 aliphatic rings. The Balaban J connectivity index is 1.86. The number of anilines is 1. The molecule has 0 bridgehead atoms. The molecular formula is C31H44N4O3. The van der Waals surface area contributed by atoms with Gasteiger partial charge in [-0.2, -0.15) is 0 Å². The van der Waals surface area contributed by atoms with Crippen LogP contribution >= 0.6 is 0 Å². The van der Waals surface area contributed by atoms with Gasteiger partial charge in [0.15, 0.2) is 0 Å². The van der Waals surface area contributed by atoms with E-state index >= 15 is 0 Å². The van der Waals surface area contributed by atoms with E-state index in [2.05, 4.69) is 53.4 Å². The number of aromatic nitrogens is 1. The van der Waals surface area contributed by atoms with Gasteiger partial charge < -0.3 is 25.6 Å². The zero-order chi connectivity index (χ0) is 28.2. The van der Waals surface area contributed by atoms with Crippen molar-refractivity contribution in [3.05, 3.63) is 62.1 Å². The summed E-state index contributed by atoms with van der Waals surface area (Å²) in [6.07, 6.45) is 4.69. The third kappa shape index (κ3) is 7.72. The van der Waals surface area contributed by atoms with Gasteiger partial charge in [-0.1, -0.05) is 11.8 Å². The standard InChI is InChI=1S/C31H44N4O3/c1-19-15-20(2)33-30(37)27(19)18-32-29(36)26-16-23(13-14-31(5,6)38)17-28(21(26)3)34-22(4)24-9-11-25(12-10-24)35(7)8/h15-17,22,24-25,34,38H,9-12,18H2,1-8H3,(H,32,36)(H,33,37)/t22?,24-,25-. The molecule has 2 aromatic rings. The highest BCUT2D eigenvalue weighted by Gasteiger charge is 2.27. The number of benzene rings is 1. The summed E-state index contributed by atoms with van der Waals surface area (Å²) < 4.78 is 0. The lowest BCUT2D eigenvalue weighted by atomic mass is 9.81. The lowest BCUT2D eigenvalue weighted by Crippen LogP contribution is -2.36. The Labute approximate surface area is 227 Å². The highest BCUT2D eigenvalue weighted by Crippen LogP contribution is 2.31. The van der Waals surface area contributed by atoms with Gasteiger partial charge in [0, 0.05) is 46.7 Å².